The number of methoxy groups -OCH3 is 1. The number of rotatable bonds is 5. The van der Waals surface area contributed by atoms with Gasteiger partial charge in [-0.2, -0.15) is 5.10 Å². The molecular formula is C25H24N2O5. The number of hydrogen-bond acceptors (Lipinski definition) is 7. The minimum absolute atomic E-state index is 0.0233. The molecule has 5 rings (SSSR count). The molecule has 0 spiro atoms. The van der Waals surface area contributed by atoms with Crippen LogP contribution in [0.25, 0.3) is 0 Å². The second-order valence-electron chi connectivity index (χ2n) is 7.75. The highest BCUT2D eigenvalue weighted by Crippen LogP contribution is 2.50. The van der Waals surface area contributed by atoms with Gasteiger partial charge in [-0.25, -0.2) is 9.80 Å². The predicted octanol–water partition coefficient (Wildman–Crippen LogP) is 5.02. The van der Waals surface area contributed by atoms with Crippen molar-refractivity contribution >= 4 is 11.7 Å². The normalized spacial score (nSPS) is 19.0. The number of para-hydroxylation sites is 1. The van der Waals surface area contributed by atoms with Gasteiger partial charge in [0.2, 0.25) is 6.23 Å². The highest BCUT2D eigenvalue weighted by Gasteiger charge is 2.42. The number of ether oxygens (including phenoxy) is 3. The lowest BCUT2D eigenvalue weighted by molar-refractivity contribution is -0.0212. The Morgan fingerprint density at radius 3 is 2.66 bits per heavy atom. The standard InChI is InChI=1S/C25H24N2O5/c1-4-30-22-7-5-6-18-20-14-19(21-13-8-15(2)31-21)26-27(20)24(32-23(18)22)16-9-11-17(12-10-16)25(28)29-3/h5-13,20,24H,4,14H2,1-3H3/t20-,24+/m0/s1. The number of hydrogen-bond donors (Lipinski definition) is 0. The molecule has 0 amide bonds. The fraction of sp³-hybridized carbons (Fsp3) is 0.280. The molecule has 3 heterocycles. The smallest absolute Gasteiger partial charge is 0.337 e. The highest BCUT2D eigenvalue weighted by molar-refractivity contribution is 5.99. The van der Waals surface area contributed by atoms with E-state index in [9.17, 15) is 4.79 Å². The van der Waals surface area contributed by atoms with E-state index in [0.717, 1.165) is 34.1 Å². The van der Waals surface area contributed by atoms with E-state index >= 15 is 0 Å². The zero-order valence-corrected chi connectivity index (χ0v) is 18.2. The first-order valence-corrected chi connectivity index (χ1v) is 10.6. The van der Waals surface area contributed by atoms with Crippen molar-refractivity contribution in [1.82, 2.24) is 5.01 Å². The lowest BCUT2D eigenvalue weighted by Gasteiger charge is -2.38. The fourth-order valence-electron chi connectivity index (χ4n) is 4.21. The van der Waals surface area contributed by atoms with Gasteiger partial charge in [0.25, 0.3) is 0 Å². The molecule has 0 radical (unpaired) electrons. The van der Waals surface area contributed by atoms with Gasteiger partial charge in [0.1, 0.15) is 17.2 Å². The molecule has 0 saturated carbocycles. The van der Waals surface area contributed by atoms with Crippen LogP contribution in [0.5, 0.6) is 11.5 Å². The largest absolute Gasteiger partial charge is 0.490 e. The topological polar surface area (TPSA) is 73.5 Å². The average Bonchev–Trinajstić information content (AvgIpc) is 3.45. The van der Waals surface area contributed by atoms with E-state index in [0.29, 0.717) is 24.3 Å². The van der Waals surface area contributed by atoms with Crippen LogP contribution in [-0.2, 0) is 4.74 Å². The number of benzene rings is 2. The third kappa shape index (κ3) is 3.39. The molecule has 2 aromatic carbocycles. The minimum atomic E-state index is -0.477. The molecule has 1 aromatic heterocycles. The first kappa shape index (κ1) is 20.2. The quantitative estimate of drug-likeness (QED) is 0.528. The summed E-state index contributed by atoms with van der Waals surface area (Å²) >= 11 is 0. The highest BCUT2D eigenvalue weighted by atomic mass is 16.5. The van der Waals surface area contributed by atoms with E-state index in [-0.39, 0.29) is 12.0 Å². The van der Waals surface area contributed by atoms with Gasteiger partial charge in [-0.3, -0.25) is 0 Å². The second kappa shape index (κ2) is 8.07. The van der Waals surface area contributed by atoms with Crippen LogP contribution < -0.4 is 9.47 Å². The van der Waals surface area contributed by atoms with Crippen molar-refractivity contribution in [1.29, 1.82) is 0 Å². The number of fused-ring (bicyclic) bond motifs is 3. The molecule has 2 atom stereocenters. The average molecular weight is 432 g/mol. The summed E-state index contributed by atoms with van der Waals surface area (Å²) in [6, 6.07) is 17.0. The molecule has 0 unspecified atom stereocenters. The Bertz CT molecular complexity index is 1180. The molecule has 0 saturated heterocycles. The molecule has 164 valence electrons. The number of carbonyl (C=O) groups is 1. The summed E-state index contributed by atoms with van der Waals surface area (Å²) in [6.45, 7) is 4.42. The Kier molecular flexibility index (Phi) is 5.09. The third-order valence-corrected chi connectivity index (χ3v) is 5.72. The number of furan rings is 1. The Labute approximate surface area is 186 Å². The molecule has 2 aliphatic heterocycles. The Morgan fingerprint density at radius 1 is 1.16 bits per heavy atom. The number of hydrazone groups is 1. The Hall–Kier alpha value is -3.74. The van der Waals surface area contributed by atoms with Gasteiger partial charge in [0.15, 0.2) is 11.5 Å². The van der Waals surface area contributed by atoms with Gasteiger partial charge in [-0.15, -0.1) is 0 Å². The van der Waals surface area contributed by atoms with Crippen LogP contribution >= 0.6 is 0 Å². The molecule has 7 nitrogen and oxygen atoms in total. The van der Waals surface area contributed by atoms with Crippen molar-refractivity contribution in [3.8, 4) is 11.5 Å². The number of nitrogens with zero attached hydrogens (tertiary/aromatic N) is 2. The summed E-state index contributed by atoms with van der Waals surface area (Å²) in [4.78, 5) is 11.9. The van der Waals surface area contributed by atoms with Gasteiger partial charge in [0, 0.05) is 17.5 Å². The Balaban J connectivity index is 1.57. The van der Waals surface area contributed by atoms with Crippen LogP contribution in [0.1, 0.15) is 58.6 Å². The van der Waals surface area contributed by atoms with Crippen molar-refractivity contribution in [3.63, 3.8) is 0 Å². The minimum Gasteiger partial charge on any atom is -0.490 e. The van der Waals surface area contributed by atoms with Crippen molar-refractivity contribution in [2.75, 3.05) is 13.7 Å². The zero-order chi connectivity index (χ0) is 22.2. The first-order chi connectivity index (χ1) is 15.6. The molecule has 2 aliphatic rings. The van der Waals surface area contributed by atoms with Crippen LogP contribution in [0.2, 0.25) is 0 Å². The van der Waals surface area contributed by atoms with E-state index in [2.05, 4.69) is 6.07 Å². The molecule has 0 fully saturated rings. The van der Waals surface area contributed by atoms with E-state index in [1.165, 1.54) is 7.11 Å². The molecule has 0 aliphatic carbocycles. The molecule has 7 heteroatoms. The van der Waals surface area contributed by atoms with Gasteiger partial charge < -0.3 is 18.6 Å². The summed E-state index contributed by atoms with van der Waals surface area (Å²) < 4.78 is 23.0. The number of carbonyl (C=O) groups excluding carboxylic acids is 1. The summed E-state index contributed by atoms with van der Waals surface area (Å²) in [5, 5.41) is 6.87. The fourth-order valence-corrected chi connectivity index (χ4v) is 4.21. The van der Waals surface area contributed by atoms with Crippen molar-refractivity contribution in [2.45, 2.75) is 32.5 Å². The molecular weight excluding hydrogens is 408 g/mol. The van der Waals surface area contributed by atoms with Crippen LogP contribution in [0.3, 0.4) is 0 Å². The second-order valence-corrected chi connectivity index (χ2v) is 7.75. The lowest BCUT2D eigenvalue weighted by atomic mass is 9.97. The SMILES string of the molecule is CCOc1cccc2c1O[C@H](c1ccc(C(=O)OC)cc1)N1N=C(c3ccc(C)o3)C[C@@H]21. The maximum atomic E-state index is 11.9. The zero-order valence-electron chi connectivity index (χ0n) is 18.2. The Morgan fingerprint density at radius 2 is 1.97 bits per heavy atom. The van der Waals surface area contributed by atoms with Gasteiger partial charge in [0.05, 0.1) is 25.3 Å². The number of esters is 1. The van der Waals surface area contributed by atoms with Crippen molar-refractivity contribution in [2.24, 2.45) is 5.10 Å². The van der Waals surface area contributed by atoms with Crippen molar-refractivity contribution < 1.29 is 23.4 Å². The van der Waals surface area contributed by atoms with Crippen molar-refractivity contribution in [3.05, 3.63) is 82.8 Å². The van der Waals surface area contributed by atoms with Gasteiger partial charge >= 0.3 is 5.97 Å². The van der Waals surface area contributed by atoms with E-state index < -0.39 is 6.23 Å². The summed E-state index contributed by atoms with van der Waals surface area (Å²) in [7, 11) is 1.37. The van der Waals surface area contributed by atoms with E-state index in [1.54, 1.807) is 12.1 Å². The maximum Gasteiger partial charge on any atom is 0.337 e. The summed E-state index contributed by atoms with van der Waals surface area (Å²) in [6.07, 6.45) is 0.213. The maximum absolute atomic E-state index is 11.9. The molecule has 32 heavy (non-hydrogen) atoms. The molecule has 0 N–H and O–H groups in total. The monoisotopic (exact) mass is 432 g/mol. The van der Waals surface area contributed by atoms with Crippen LogP contribution in [0.4, 0.5) is 0 Å². The molecule has 3 aromatic rings. The van der Waals surface area contributed by atoms with Crippen LogP contribution in [0.15, 0.2) is 64.1 Å². The van der Waals surface area contributed by atoms with E-state index in [4.69, 9.17) is 23.7 Å². The van der Waals surface area contributed by atoms with E-state index in [1.807, 2.05) is 55.3 Å². The van der Waals surface area contributed by atoms with Crippen LogP contribution in [-0.4, -0.2) is 30.4 Å². The van der Waals surface area contributed by atoms with Crippen LogP contribution in [0, 0.1) is 6.92 Å². The lowest BCUT2D eigenvalue weighted by Crippen LogP contribution is -2.34. The van der Waals surface area contributed by atoms with Gasteiger partial charge in [-0.05, 0) is 44.2 Å². The molecule has 0 bridgehead atoms. The number of aryl methyl sites for hydroxylation is 1. The third-order valence-electron chi connectivity index (χ3n) is 5.72. The summed E-state index contributed by atoms with van der Waals surface area (Å²) in [5.74, 6) is 2.67. The first-order valence-electron chi connectivity index (χ1n) is 10.6. The predicted molar refractivity (Wildman–Crippen MR) is 118 cm³/mol. The summed E-state index contributed by atoms with van der Waals surface area (Å²) in [5.41, 5.74) is 3.26. The van der Waals surface area contributed by atoms with Gasteiger partial charge in [-0.1, -0.05) is 24.3 Å².